The van der Waals surface area contributed by atoms with Gasteiger partial charge in [-0.2, -0.15) is 0 Å². The summed E-state index contributed by atoms with van der Waals surface area (Å²) in [5.74, 6) is -0.170. The van der Waals surface area contributed by atoms with Gasteiger partial charge < -0.3 is 4.74 Å². The van der Waals surface area contributed by atoms with Crippen LogP contribution in [-0.2, 0) is 23.0 Å². The molecule has 0 spiro atoms. The van der Waals surface area contributed by atoms with Crippen molar-refractivity contribution in [3.8, 4) is 0 Å². The number of aromatic nitrogens is 3. The minimum atomic E-state index is -0.430. The topological polar surface area (TPSA) is 57.0 Å². The molecule has 5 heteroatoms. The Hall–Kier alpha value is -1.91. The van der Waals surface area contributed by atoms with Gasteiger partial charge in [0.2, 0.25) is 0 Å². The van der Waals surface area contributed by atoms with Crippen LogP contribution in [0.15, 0.2) is 12.1 Å². The van der Waals surface area contributed by atoms with Gasteiger partial charge in [-0.25, -0.2) is 4.68 Å². The van der Waals surface area contributed by atoms with Gasteiger partial charge in [0.15, 0.2) is 0 Å². The number of esters is 1. The first-order valence-corrected chi connectivity index (χ1v) is 6.77. The van der Waals surface area contributed by atoms with Gasteiger partial charge in [0.25, 0.3) is 0 Å². The highest BCUT2D eigenvalue weighted by atomic mass is 16.6. The summed E-state index contributed by atoms with van der Waals surface area (Å²) in [4.78, 5) is 11.8. The number of fused-ring (bicyclic) bond motifs is 1. The van der Waals surface area contributed by atoms with Crippen molar-refractivity contribution in [2.45, 2.75) is 46.1 Å². The van der Waals surface area contributed by atoms with Crippen molar-refractivity contribution in [1.29, 1.82) is 0 Å². The lowest BCUT2D eigenvalue weighted by Crippen LogP contribution is -2.24. The van der Waals surface area contributed by atoms with E-state index in [9.17, 15) is 4.79 Å². The standard InChI is InChI=1S/C15H21N3O2/c1-10-11(7-9-13(19)20-15(2,3)4)6-8-12-14(10)16-17-18(12)5/h6,8H,7,9H2,1-5H3. The lowest BCUT2D eigenvalue weighted by Gasteiger charge is -2.19. The second-order valence-electron chi connectivity index (χ2n) is 6.02. The highest BCUT2D eigenvalue weighted by Gasteiger charge is 2.17. The summed E-state index contributed by atoms with van der Waals surface area (Å²) < 4.78 is 7.07. The summed E-state index contributed by atoms with van der Waals surface area (Å²) in [6.45, 7) is 7.65. The van der Waals surface area contributed by atoms with E-state index in [1.807, 2.05) is 46.9 Å². The predicted molar refractivity (Wildman–Crippen MR) is 77.4 cm³/mol. The van der Waals surface area contributed by atoms with Gasteiger partial charge in [0, 0.05) is 13.5 Å². The molecule has 0 aliphatic carbocycles. The third-order valence-electron chi connectivity index (χ3n) is 3.17. The molecule has 0 radical (unpaired) electrons. The molecule has 0 saturated heterocycles. The highest BCUT2D eigenvalue weighted by molar-refractivity contribution is 5.79. The van der Waals surface area contributed by atoms with Crippen LogP contribution >= 0.6 is 0 Å². The van der Waals surface area contributed by atoms with Crippen molar-refractivity contribution in [1.82, 2.24) is 15.0 Å². The summed E-state index contributed by atoms with van der Waals surface area (Å²) in [5, 5.41) is 8.18. The van der Waals surface area contributed by atoms with Crippen LogP contribution in [0.4, 0.5) is 0 Å². The molecular formula is C15H21N3O2. The summed E-state index contributed by atoms with van der Waals surface area (Å²) >= 11 is 0. The van der Waals surface area contributed by atoms with Crippen LogP contribution in [0.5, 0.6) is 0 Å². The van der Waals surface area contributed by atoms with Crippen LogP contribution in [0.3, 0.4) is 0 Å². The van der Waals surface area contributed by atoms with Crippen LogP contribution < -0.4 is 0 Å². The van der Waals surface area contributed by atoms with Crippen LogP contribution in [-0.4, -0.2) is 26.6 Å². The number of rotatable bonds is 3. The number of ether oxygens (including phenoxy) is 1. The number of hydrogen-bond acceptors (Lipinski definition) is 4. The fourth-order valence-electron chi connectivity index (χ4n) is 2.18. The van der Waals surface area contributed by atoms with E-state index in [1.54, 1.807) is 4.68 Å². The fourth-order valence-corrected chi connectivity index (χ4v) is 2.18. The van der Waals surface area contributed by atoms with Gasteiger partial charge in [0.05, 0.1) is 5.52 Å². The van der Waals surface area contributed by atoms with Gasteiger partial charge in [-0.3, -0.25) is 4.79 Å². The molecule has 1 aromatic carbocycles. The molecule has 5 nitrogen and oxygen atoms in total. The molecule has 1 heterocycles. The minimum absolute atomic E-state index is 0.170. The average Bonchev–Trinajstić information content (AvgIpc) is 2.69. The molecule has 0 amide bonds. The van der Waals surface area contributed by atoms with E-state index in [0.717, 1.165) is 22.2 Å². The zero-order valence-electron chi connectivity index (χ0n) is 12.7. The minimum Gasteiger partial charge on any atom is -0.460 e. The first-order valence-electron chi connectivity index (χ1n) is 6.77. The number of benzene rings is 1. The highest BCUT2D eigenvalue weighted by Crippen LogP contribution is 2.20. The molecule has 1 aromatic heterocycles. The fraction of sp³-hybridized carbons (Fsp3) is 0.533. The molecule has 0 atom stereocenters. The van der Waals surface area contributed by atoms with Crippen LogP contribution in [0.1, 0.15) is 38.3 Å². The smallest absolute Gasteiger partial charge is 0.306 e. The number of carbonyl (C=O) groups is 1. The Morgan fingerprint density at radius 1 is 1.35 bits per heavy atom. The van der Waals surface area contributed by atoms with E-state index < -0.39 is 5.60 Å². The molecular weight excluding hydrogens is 254 g/mol. The maximum absolute atomic E-state index is 11.8. The van der Waals surface area contributed by atoms with Gasteiger partial charge in [-0.15, -0.1) is 5.10 Å². The normalized spacial score (nSPS) is 11.8. The maximum atomic E-state index is 11.8. The zero-order chi connectivity index (χ0) is 14.9. The van der Waals surface area contributed by atoms with E-state index in [2.05, 4.69) is 10.3 Å². The molecule has 0 saturated carbocycles. The van der Waals surface area contributed by atoms with Gasteiger partial charge in [0.1, 0.15) is 11.1 Å². The van der Waals surface area contributed by atoms with Crippen LogP contribution in [0, 0.1) is 6.92 Å². The Balaban J connectivity index is 2.11. The molecule has 0 bridgehead atoms. The van der Waals surface area contributed by atoms with Gasteiger partial charge >= 0.3 is 5.97 Å². The predicted octanol–water partition coefficient (Wildman–Crippen LogP) is 2.55. The van der Waals surface area contributed by atoms with E-state index in [0.29, 0.717) is 12.8 Å². The molecule has 0 aliphatic heterocycles. The van der Waals surface area contributed by atoms with E-state index in [4.69, 9.17) is 4.74 Å². The van der Waals surface area contributed by atoms with Crippen molar-refractivity contribution < 1.29 is 9.53 Å². The second-order valence-corrected chi connectivity index (χ2v) is 6.02. The first kappa shape index (κ1) is 14.5. The van der Waals surface area contributed by atoms with Crippen molar-refractivity contribution in [3.05, 3.63) is 23.3 Å². The summed E-state index contributed by atoms with van der Waals surface area (Å²) in [5.41, 5.74) is 3.67. The van der Waals surface area contributed by atoms with E-state index >= 15 is 0 Å². The quantitative estimate of drug-likeness (QED) is 0.808. The molecule has 0 unspecified atom stereocenters. The third kappa shape index (κ3) is 3.15. The second kappa shape index (κ2) is 5.23. The summed E-state index contributed by atoms with van der Waals surface area (Å²) in [6, 6.07) is 4.03. The van der Waals surface area contributed by atoms with E-state index in [-0.39, 0.29) is 5.97 Å². The number of nitrogens with zero attached hydrogens (tertiary/aromatic N) is 3. The Morgan fingerprint density at radius 2 is 2.05 bits per heavy atom. The zero-order valence-corrected chi connectivity index (χ0v) is 12.7. The number of carbonyl (C=O) groups excluding carboxylic acids is 1. The largest absolute Gasteiger partial charge is 0.460 e. The van der Waals surface area contributed by atoms with Crippen LogP contribution in [0.25, 0.3) is 11.0 Å². The Kier molecular flexibility index (Phi) is 3.79. The number of aryl methyl sites for hydroxylation is 3. The average molecular weight is 275 g/mol. The Bertz CT molecular complexity index is 638. The molecule has 20 heavy (non-hydrogen) atoms. The molecule has 0 fully saturated rings. The molecule has 0 aliphatic rings. The molecule has 2 aromatic rings. The lowest BCUT2D eigenvalue weighted by molar-refractivity contribution is -0.154. The van der Waals surface area contributed by atoms with Gasteiger partial charge in [-0.05, 0) is 51.3 Å². The SMILES string of the molecule is Cc1c(CCC(=O)OC(C)(C)C)ccc2c1nnn2C. The summed E-state index contributed by atoms with van der Waals surface area (Å²) in [7, 11) is 1.87. The molecule has 2 rings (SSSR count). The van der Waals surface area contributed by atoms with Gasteiger partial charge in [-0.1, -0.05) is 11.3 Å². The van der Waals surface area contributed by atoms with E-state index in [1.165, 1.54) is 0 Å². The van der Waals surface area contributed by atoms with Crippen molar-refractivity contribution in [2.75, 3.05) is 0 Å². The lowest BCUT2D eigenvalue weighted by atomic mass is 10.0. The van der Waals surface area contributed by atoms with Crippen molar-refractivity contribution in [3.63, 3.8) is 0 Å². The van der Waals surface area contributed by atoms with Crippen LogP contribution in [0.2, 0.25) is 0 Å². The first-order chi connectivity index (χ1) is 9.28. The monoisotopic (exact) mass is 275 g/mol. The molecule has 108 valence electrons. The van der Waals surface area contributed by atoms with Crippen molar-refractivity contribution in [2.24, 2.45) is 7.05 Å². The third-order valence-corrected chi connectivity index (χ3v) is 3.17. The maximum Gasteiger partial charge on any atom is 0.306 e. The number of hydrogen-bond donors (Lipinski definition) is 0. The summed E-state index contributed by atoms with van der Waals surface area (Å²) in [6.07, 6.45) is 1.04. The Labute approximate surface area is 118 Å². The molecule has 0 N–H and O–H groups in total. The Morgan fingerprint density at radius 3 is 2.70 bits per heavy atom. The van der Waals surface area contributed by atoms with Crippen molar-refractivity contribution >= 4 is 17.0 Å².